The van der Waals surface area contributed by atoms with E-state index in [1.165, 1.54) is 11.1 Å². The van der Waals surface area contributed by atoms with E-state index in [1.807, 2.05) is 35.0 Å². The molecule has 0 fully saturated rings. The second-order valence-electron chi connectivity index (χ2n) is 5.98. The molecular formula is C20H23N3O. The first-order valence-electron chi connectivity index (χ1n) is 8.22. The third kappa shape index (κ3) is 3.55. The molecule has 2 aromatic carbocycles. The van der Waals surface area contributed by atoms with Gasteiger partial charge in [0.2, 0.25) is 0 Å². The zero-order valence-electron chi connectivity index (χ0n) is 14.2. The smallest absolute Gasteiger partial charge is 0.0972 e. The molecule has 24 heavy (non-hydrogen) atoms. The highest BCUT2D eigenvalue weighted by molar-refractivity contribution is 5.64. The van der Waals surface area contributed by atoms with E-state index in [2.05, 4.69) is 43.6 Å². The van der Waals surface area contributed by atoms with Crippen molar-refractivity contribution in [2.24, 2.45) is 0 Å². The zero-order chi connectivity index (χ0) is 16.9. The molecule has 3 aromatic rings. The first kappa shape index (κ1) is 16.4. The maximum absolute atomic E-state index is 9.00. The second kappa shape index (κ2) is 7.43. The van der Waals surface area contributed by atoms with Crippen LogP contribution in [0.1, 0.15) is 16.7 Å². The maximum atomic E-state index is 9.00. The molecule has 0 saturated carbocycles. The summed E-state index contributed by atoms with van der Waals surface area (Å²) in [4.78, 5) is 0. The van der Waals surface area contributed by atoms with Crippen LogP contribution < -0.4 is 5.32 Å². The van der Waals surface area contributed by atoms with Crippen molar-refractivity contribution in [2.45, 2.75) is 20.4 Å². The minimum absolute atomic E-state index is 0.131. The van der Waals surface area contributed by atoms with Gasteiger partial charge >= 0.3 is 0 Å². The number of rotatable bonds is 6. The van der Waals surface area contributed by atoms with Crippen molar-refractivity contribution >= 4 is 0 Å². The quantitative estimate of drug-likeness (QED) is 0.685. The summed E-state index contributed by atoms with van der Waals surface area (Å²) in [6.07, 6.45) is 2.06. The summed E-state index contributed by atoms with van der Waals surface area (Å²) in [6.45, 7) is 5.62. The van der Waals surface area contributed by atoms with Crippen molar-refractivity contribution in [1.29, 1.82) is 0 Å². The molecule has 0 aliphatic rings. The van der Waals surface area contributed by atoms with E-state index in [4.69, 9.17) is 10.2 Å². The van der Waals surface area contributed by atoms with Crippen LogP contribution >= 0.6 is 0 Å². The van der Waals surface area contributed by atoms with Gasteiger partial charge in [0.1, 0.15) is 0 Å². The van der Waals surface area contributed by atoms with Crippen LogP contribution in [0, 0.1) is 13.8 Å². The number of aryl methyl sites for hydroxylation is 2. The fourth-order valence-corrected chi connectivity index (χ4v) is 2.69. The third-order valence-corrected chi connectivity index (χ3v) is 4.20. The van der Waals surface area contributed by atoms with Crippen molar-refractivity contribution in [3.63, 3.8) is 0 Å². The van der Waals surface area contributed by atoms with Crippen LogP contribution in [0.3, 0.4) is 0 Å². The molecule has 0 atom stereocenters. The first-order valence-corrected chi connectivity index (χ1v) is 8.22. The number of aromatic nitrogens is 2. The van der Waals surface area contributed by atoms with Gasteiger partial charge in [-0.2, -0.15) is 5.10 Å². The molecule has 0 bridgehead atoms. The number of aliphatic hydroxyl groups is 1. The van der Waals surface area contributed by atoms with Crippen LogP contribution in [0.15, 0.2) is 54.7 Å². The molecule has 0 radical (unpaired) electrons. The van der Waals surface area contributed by atoms with Crippen molar-refractivity contribution in [3.05, 3.63) is 71.4 Å². The number of para-hydroxylation sites is 1. The van der Waals surface area contributed by atoms with E-state index in [0.717, 1.165) is 22.5 Å². The Labute approximate surface area is 142 Å². The van der Waals surface area contributed by atoms with Gasteiger partial charge in [0, 0.05) is 30.4 Å². The largest absolute Gasteiger partial charge is 0.395 e. The van der Waals surface area contributed by atoms with Gasteiger partial charge < -0.3 is 10.4 Å². The topological polar surface area (TPSA) is 50.1 Å². The second-order valence-corrected chi connectivity index (χ2v) is 5.98. The Morgan fingerprint density at radius 3 is 2.54 bits per heavy atom. The number of benzene rings is 2. The van der Waals surface area contributed by atoms with Crippen molar-refractivity contribution in [1.82, 2.24) is 15.1 Å². The molecule has 4 heteroatoms. The monoisotopic (exact) mass is 321 g/mol. The Kier molecular flexibility index (Phi) is 5.08. The summed E-state index contributed by atoms with van der Waals surface area (Å²) in [5, 5.41) is 17.1. The molecular weight excluding hydrogens is 298 g/mol. The van der Waals surface area contributed by atoms with Crippen LogP contribution in [0.25, 0.3) is 16.9 Å². The Balaban J connectivity index is 2.01. The molecule has 0 amide bonds. The Hall–Kier alpha value is -2.43. The van der Waals surface area contributed by atoms with E-state index in [9.17, 15) is 0 Å². The Bertz CT molecular complexity index is 809. The highest BCUT2D eigenvalue weighted by Gasteiger charge is 2.12. The van der Waals surface area contributed by atoms with Crippen LogP contribution in [0.2, 0.25) is 0 Å². The fraction of sp³-hybridized carbons (Fsp3) is 0.250. The van der Waals surface area contributed by atoms with Crippen molar-refractivity contribution < 1.29 is 5.11 Å². The lowest BCUT2D eigenvalue weighted by Crippen LogP contribution is -2.17. The van der Waals surface area contributed by atoms with Gasteiger partial charge in [-0.15, -0.1) is 0 Å². The molecule has 0 saturated heterocycles. The lowest BCUT2D eigenvalue weighted by Gasteiger charge is -2.06. The summed E-state index contributed by atoms with van der Waals surface area (Å²) in [5.74, 6) is 0. The molecule has 0 spiro atoms. The standard InChI is InChI=1S/C20H23N3O/c1-15-8-9-17(12-16(15)2)20-18(13-21-10-11-24)14-23(22-20)19-6-4-3-5-7-19/h3-9,12,14,21,24H,10-11,13H2,1-2H3. The SMILES string of the molecule is Cc1ccc(-c2nn(-c3ccccc3)cc2CNCCO)cc1C. The number of hydrogen-bond acceptors (Lipinski definition) is 3. The molecule has 0 aliphatic heterocycles. The lowest BCUT2D eigenvalue weighted by molar-refractivity contribution is 0.292. The fourth-order valence-electron chi connectivity index (χ4n) is 2.69. The normalized spacial score (nSPS) is 11.0. The highest BCUT2D eigenvalue weighted by Crippen LogP contribution is 2.25. The van der Waals surface area contributed by atoms with Gasteiger partial charge in [-0.25, -0.2) is 4.68 Å². The summed E-state index contributed by atoms with van der Waals surface area (Å²) in [7, 11) is 0. The van der Waals surface area contributed by atoms with Gasteiger partial charge in [0.15, 0.2) is 0 Å². The summed E-state index contributed by atoms with van der Waals surface area (Å²) in [5.41, 5.74) is 6.80. The minimum Gasteiger partial charge on any atom is -0.395 e. The Morgan fingerprint density at radius 1 is 1.04 bits per heavy atom. The number of nitrogens with zero attached hydrogens (tertiary/aromatic N) is 2. The third-order valence-electron chi connectivity index (χ3n) is 4.20. The van der Waals surface area contributed by atoms with E-state index in [1.54, 1.807) is 0 Å². The zero-order valence-corrected chi connectivity index (χ0v) is 14.2. The average molecular weight is 321 g/mol. The molecule has 1 heterocycles. The molecule has 2 N–H and O–H groups in total. The van der Waals surface area contributed by atoms with Crippen LogP contribution in [0.5, 0.6) is 0 Å². The van der Waals surface area contributed by atoms with Gasteiger partial charge in [0.05, 0.1) is 18.0 Å². The predicted molar refractivity (Wildman–Crippen MR) is 97.3 cm³/mol. The average Bonchev–Trinajstić information content (AvgIpc) is 3.03. The lowest BCUT2D eigenvalue weighted by atomic mass is 10.0. The van der Waals surface area contributed by atoms with E-state index >= 15 is 0 Å². The molecule has 1 aromatic heterocycles. The summed E-state index contributed by atoms with van der Waals surface area (Å²) in [6, 6.07) is 16.5. The van der Waals surface area contributed by atoms with Crippen LogP contribution in [0.4, 0.5) is 0 Å². The molecule has 0 aliphatic carbocycles. The van der Waals surface area contributed by atoms with Gasteiger partial charge in [-0.1, -0.05) is 30.3 Å². The number of nitrogens with one attached hydrogen (secondary N) is 1. The summed E-state index contributed by atoms with van der Waals surface area (Å²) >= 11 is 0. The van der Waals surface area contributed by atoms with E-state index in [-0.39, 0.29) is 6.61 Å². The number of hydrogen-bond donors (Lipinski definition) is 2. The highest BCUT2D eigenvalue weighted by atomic mass is 16.3. The van der Waals surface area contributed by atoms with Gasteiger partial charge in [-0.3, -0.25) is 0 Å². The maximum Gasteiger partial charge on any atom is 0.0972 e. The molecule has 124 valence electrons. The predicted octanol–water partition coefficient (Wildman–Crippen LogP) is 3.24. The van der Waals surface area contributed by atoms with Crippen LogP contribution in [-0.2, 0) is 6.54 Å². The van der Waals surface area contributed by atoms with Crippen molar-refractivity contribution in [2.75, 3.05) is 13.2 Å². The van der Waals surface area contributed by atoms with E-state index < -0.39 is 0 Å². The minimum atomic E-state index is 0.131. The number of aliphatic hydroxyl groups excluding tert-OH is 1. The first-order chi connectivity index (χ1) is 11.7. The molecule has 0 unspecified atom stereocenters. The Morgan fingerprint density at radius 2 is 1.83 bits per heavy atom. The van der Waals surface area contributed by atoms with Gasteiger partial charge in [0.25, 0.3) is 0 Å². The van der Waals surface area contributed by atoms with Crippen molar-refractivity contribution in [3.8, 4) is 16.9 Å². The van der Waals surface area contributed by atoms with Gasteiger partial charge in [-0.05, 0) is 43.2 Å². The van der Waals surface area contributed by atoms with Crippen LogP contribution in [-0.4, -0.2) is 28.0 Å². The molecule has 3 rings (SSSR count). The molecule has 4 nitrogen and oxygen atoms in total. The summed E-state index contributed by atoms with van der Waals surface area (Å²) < 4.78 is 1.92. The van der Waals surface area contributed by atoms with E-state index in [0.29, 0.717) is 13.1 Å².